The molecule has 3 rings (SSSR count). The summed E-state index contributed by atoms with van der Waals surface area (Å²) in [5.41, 5.74) is 3.33. The number of hydrogen-bond acceptors (Lipinski definition) is 3. The van der Waals surface area contributed by atoms with Crippen molar-refractivity contribution in [1.82, 2.24) is 10.2 Å². The zero-order chi connectivity index (χ0) is 17.1. The number of benzene rings is 2. The maximum atomic E-state index is 5.95. The third-order valence-corrected chi connectivity index (χ3v) is 4.32. The molecule has 3 aromatic rings. The van der Waals surface area contributed by atoms with Gasteiger partial charge in [-0.3, -0.25) is 0 Å². The molecule has 124 valence electrons. The Morgan fingerprint density at radius 1 is 1.00 bits per heavy atom. The summed E-state index contributed by atoms with van der Waals surface area (Å²) in [6.45, 7) is 6.27. The zero-order valence-corrected chi connectivity index (χ0v) is 14.8. The Morgan fingerprint density at radius 3 is 2.46 bits per heavy atom. The second kappa shape index (κ2) is 7.16. The fraction of sp³-hybridized carbons (Fsp3) is 0.263. The van der Waals surface area contributed by atoms with Gasteiger partial charge in [-0.25, -0.2) is 0 Å². The number of halogens is 1. The summed E-state index contributed by atoms with van der Waals surface area (Å²) in [4.78, 5) is 0. The number of quaternary nitrogens is 1. The monoisotopic (exact) mass is 342 g/mol. The van der Waals surface area contributed by atoms with E-state index in [1.54, 1.807) is 0 Å². The van der Waals surface area contributed by atoms with Gasteiger partial charge in [-0.1, -0.05) is 41.4 Å². The normalized spacial score (nSPS) is 13.7. The van der Waals surface area contributed by atoms with Crippen molar-refractivity contribution >= 4 is 11.6 Å². The predicted molar refractivity (Wildman–Crippen MR) is 94.7 cm³/mol. The van der Waals surface area contributed by atoms with Crippen LogP contribution in [-0.2, 0) is 0 Å². The summed E-state index contributed by atoms with van der Waals surface area (Å²) in [5.74, 6) is 1.19. The Morgan fingerprint density at radius 2 is 1.75 bits per heavy atom. The molecule has 0 bridgehead atoms. The lowest BCUT2D eigenvalue weighted by Crippen LogP contribution is -2.85. The van der Waals surface area contributed by atoms with Crippen LogP contribution >= 0.6 is 11.6 Å². The first-order chi connectivity index (χ1) is 11.5. The van der Waals surface area contributed by atoms with Crippen molar-refractivity contribution in [1.29, 1.82) is 0 Å². The molecule has 0 radical (unpaired) electrons. The summed E-state index contributed by atoms with van der Waals surface area (Å²) in [6.07, 6.45) is 0. The maximum absolute atomic E-state index is 5.95. The minimum absolute atomic E-state index is 0.0711. The number of hydrogen-bond donors (Lipinski definition) is 1. The molecule has 0 aliphatic heterocycles. The van der Waals surface area contributed by atoms with Crippen LogP contribution in [0.2, 0.25) is 5.02 Å². The molecule has 0 unspecified atom stereocenters. The van der Waals surface area contributed by atoms with E-state index in [0.717, 1.165) is 10.6 Å². The first kappa shape index (κ1) is 16.7. The van der Waals surface area contributed by atoms with Crippen molar-refractivity contribution < 1.29 is 9.73 Å². The van der Waals surface area contributed by atoms with Crippen LogP contribution in [0.5, 0.6) is 0 Å². The Kier molecular flexibility index (Phi) is 4.97. The molecule has 4 nitrogen and oxygen atoms in total. The molecule has 5 heteroatoms. The van der Waals surface area contributed by atoms with Gasteiger partial charge in [0.1, 0.15) is 6.04 Å². The molecule has 24 heavy (non-hydrogen) atoms. The number of nitrogens with zero attached hydrogens (tertiary/aromatic N) is 2. The second-order valence-corrected chi connectivity index (χ2v) is 6.57. The average Bonchev–Trinajstić information content (AvgIpc) is 3.05. The number of rotatable bonds is 5. The first-order valence-corrected chi connectivity index (χ1v) is 8.41. The van der Waals surface area contributed by atoms with E-state index in [1.165, 1.54) is 11.1 Å². The molecule has 0 saturated carbocycles. The van der Waals surface area contributed by atoms with Gasteiger partial charge in [-0.15, -0.1) is 10.2 Å². The molecule has 0 amide bonds. The van der Waals surface area contributed by atoms with E-state index in [0.29, 0.717) is 11.8 Å². The van der Waals surface area contributed by atoms with Crippen LogP contribution < -0.4 is 5.32 Å². The van der Waals surface area contributed by atoms with Crippen LogP contribution in [-0.4, -0.2) is 10.2 Å². The molecule has 0 fully saturated rings. The number of nitrogens with two attached hydrogens (primary N) is 1. The molecule has 0 aliphatic carbocycles. The largest absolute Gasteiger partial charge is 0.415 e. The molecular weight excluding hydrogens is 322 g/mol. The zero-order valence-electron chi connectivity index (χ0n) is 14.0. The summed E-state index contributed by atoms with van der Waals surface area (Å²) in [7, 11) is 0. The van der Waals surface area contributed by atoms with Crippen LogP contribution in [0.25, 0.3) is 11.5 Å². The Bertz CT molecular complexity index is 813. The van der Waals surface area contributed by atoms with Gasteiger partial charge in [0.2, 0.25) is 5.89 Å². The van der Waals surface area contributed by atoms with E-state index in [-0.39, 0.29) is 12.1 Å². The molecule has 2 aromatic carbocycles. The molecule has 2 atom stereocenters. The standard InChI is InChI=1S/C19H20ClN3O/c1-12-5-4-6-16(11-12)19-23-22-18(24-19)14(3)21-13(2)15-7-9-17(20)10-8-15/h4-11,13-14,21H,1-3H3/p+1/t13-,14-/m0/s1. The first-order valence-electron chi connectivity index (χ1n) is 8.04. The quantitative estimate of drug-likeness (QED) is 0.760. The SMILES string of the molecule is Cc1cccc(-c2nnc([C@H](C)[NH2+][C@@H](C)c3ccc(Cl)cc3)o2)c1. The van der Waals surface area contributed by atoms with Gasteiger partial charge < -0.3 is 9.73 Å². The highest BCUT2D eigenvalue weighted by atomic mass is 35.5. The van der Waals surface area contributed by atoms with Gasteiger partial charge in [0.15, 0.2) is 6.04 Å². The van der Waals surface area contributed by atoms with Crippen molar-refractivity contribution in [2.45, 2.75) is 32.9 Å². The van der Waals surface area contributed by atoms with Gasteiger partial charge >= 0.3 is 0 Å². The van der Waals surface area contributed by atoms with Crippen molar-refractivity contribution in [3.8, 4) is 11.5 Å². The van der Waals surface area contributed by atoms with Gasteiger partial charge in [-0.2, -0.15) is 0 Å². The average molecular weight is 343 g/mol. The highest BCUT2D eigenvalue weighted by Crippen LogP contribution is 2.21. The second-order valence-electron chi connectivity index (χ2n) is 6.14. The molecule has 0 aliphatic rings. The highest BCUT2D eigenvalue weighted by Gasteiger charge is 2.21. The van der Waals surface area contributed by atoms with Crippen LogP contribution in [0, 0.1) is 6.92 Å². The van der Waals surface area contributed by atoms with Crippen LogP contribution in [0.15, 0.2) is 52.9 Å². The highest BCUT2D eigenvalue weighted by molar-refractivity contribution is 6.30. The minimum Gasteiger partial charge on any atom is -0.415 e. The van der Waals surface area contributed by atoms with Gasteiger partial charge in [0.05, 0.1) is 0 Å². The van der Waals surface area contributed by atoms with E-state index in [2.05, 4.69) is 29.4 Å². The predicted octanol–water partition coefficient (Wildman–Crippen LogP) is 4.08. The van der Waals surface area contributed by atoms with E-state index in [9.17, 15) is 0 Å². The summed E-state index contributed by atoms with van der Waals surface area (Å²) in [5, 5.41) is 11.4. The summed E-state index contributed by atoms with van der Waals surface area (Å²) >= 11 is 5.95. The topological polar surface area (TPSA) is 55.5 Å². The van der Waals surface area contributed by atoms with Gasteiger partial charge in [-0.05, 0) is 45.0 Å². The molecular formula is C19H21ClN3O+. The van der Waals surface area contributed by atoms with Crippen LogP contribution in [0.4, 0.5) is 0 Å². The van der Waals surface area contributed by atoms with Crippen LogP contribution in [0.3, 0.4) is 0 Å². The van der Waals surface area contributed by atoms with Crippen molar-refractivity contribution in [2.75, 3.05) is 0 Å². The number of aromatic nitrogens is 2. The van der Waals surface area contributed by atoms with Gasteiger partial charge in [0, 0.05) is 16.1 Å². The van der Waals surface area contributed by atoms with Crippen molar-refractivity contribution in [2.24, 2.45) is 0 Å². The molecule has 0 saturated heterocycles. The van der Waals surface area contributed by atoms with E-state index < -0.39 is 0 Å². The summed E-state index contributed by atoms with van der Waals surface area (Å²) < 4.78 is 5.87. The molecule has 1 aromatic heterocycles. The van der Waals surface area contributed by atoms with Crippen molar-refractivity contribution in [3.63, 3.8) is 0 Å². The van der Waals surface area contributed by atoms with E-state index >= 15 is 0 Å². The Labute approximate surface area is 146 Å². The molecule has 0 spiro atoms. The fourth-order valence-corrected chi connectivity index (χ4v) is 2.83. The maximum Gasteiger partial charge on any atom is 0.274 e. The minimum atomic E-state index is 0.0711. The lowest BCUT2D eigenvalue weighted by Gasteiger charge is -2.14. The van der Waals surface area contributed by atoms with Crippen molar-refractivity contribution in [3.05, 3.63) is 70.6 Å². The third-order valence-electron chi connectivity index (χ3n) is 4.07. The van der Waals surface area contributed by atoms with E-state index in [4.69, 9.17) is 16.0 Å². The molecule has 1 heterocycles. The fourth-order valence-electron chi connectivity index (χ4n) is 2.71. The van der Waals surface area contributed by atoms with Gasteiger partial charge in [0.25, 0.3) is 5.89 Å². The summed E-state index contributed by atoms with van der Waals surface area (Å²) in [6, 6.07) is 16.3. The van der Waals surface area contributed by atoms with Crippen LogP contribution in [0.1, 0.15) is 42.9 Å². The molecule has 2 N–H and O–H groups in total. The lowest BCUT2D eigenvalue weighted by atomic mass is 10.1. The third kappa shape index (κ3) is 3.83. The lowest BCUT2D eigenvalue weighted by molar-refractivity contribution is -0.730. The Balaban J connectivity index is 1.71. The Hall–Kier alpha value is -2.17. The van der Waals surface area contributed by atoms with E-state index in [1.807, 2.05) is 55.5 Å². The smallest absolute Gasteiger partial charge is 0.274 e. The number of aryl methyl sites for hydroxylation is 1.